The number of rotatable bonds is 12. The lowest BCUT2D eigenvalue weighted by atomic mass is 9.61. The maximum absolute atomic E-state index is 14.3. The molecule has 1 unspecified atom stereocenters. The monoisotopic (exact) mass is 416 g/mol. The summed E-state index contributed by atoms with van der Waals surface area (Å²) in [5.41, 5.74) is 2.99. The van der Waals surface area contributed by atoms with E-state index in [0.717, 1.165) is 61.7 Å². The summed E-state index contributed by atoms with van der Waals surface area (Å²) < 4.78 is 45.1. The van der Waals surface area contributed by atoms with E-state index in [4.69, 9.17) is 4.74 Å². The van der Waals surface area contributed by atoms with E-state index in [1.54, 1.807) is 6.07 Å². The van der Waals surface area contributed by atoms with Crippen molar-refractivity contribution in [2.75, 3.05) is 24.0 Å². The summed E-state index contributed by atoms with van der Waals surface area (Å²) in [5.74, 6) is -0.583. The summed E-state index contributed by atoms with van der Waals surface area (Å²) >= 11 is 0. The number of hydrogen-bond donors (Lipinski definition) is 2. The summed E-state index contributed by atoms with van der Waals surface area (Å²) in [7, 11) is -3.71. The third kappa shape index (κ3) is 5.65. The molecule has 1 aromatic carbocycles. The average Bonchev–Trinajstić information content (AvgIpc) is 2.59. The summed E-state index contributed by atoms with van der Waals surface area (Å²) in [5, 5.41) is 10.9. The van der Waals surface area contributed by atoms with E-state index in [1.807, 2.05) is 6.92 Å². The number of sulfonamides is 1. The van der Waals surface area contributed by atoms with Gasteiger partial charge in [0.2, 0.25) is 10.0 Å². The van der Waals surface area contributed by atoms with E-state index in [1.165, 1.54) is 6.07 Å². The van der Waals surface area contributed by atoms with Crippen LogP contribution in [0.15, 0.2) is 18.2 Å². The van der Waals surface area contributed by atoms with Gasteiger partial charge >= 0.3 is 0 Å². The van der Waals surface area contributed by atoms with Gasteiger partial charge in [-0.2, -0.15) is 5.43 Å². The van der Waals surface area contributed by atoms with Gasteiger partial charge in [-0.3, -0.25) is 0 Å². The summed E-state index contributed by atoms with van der Waals surface area (Å²) in [4.78, 5) is 0. The number of benzene rings is 1. The number of nitrogens with one attached hydrogen (secondary N) is 1. The minimum atomic E-state index is -3.71. The molecule has 1 aliphatic carbocycles. The van der Waals surface area contributed by atoms with Crippen LogP contribution in [-0.4, -0.2) is 33.1 Å². The van der Waals surface area contributed by atoms with Gasteiger partial charge in [0.15, 0.2) is 0 Å². The van der Waals surface area contributed by atoms with Crippen molar-refractivity contribution in [2.24, 2.45) is 5.41 Å². The maximum atomic E-state index is 14.3. The highest BCUT2D eigenvalue weighted by atomic mass is 32.2. The van der Waals surface area contributed by atoms with Crippen molar-refractivity contribution < 1.29 is 22.7 Å². The molecule has 0 saturated heterocycles. The fraction of sp³-hybridized carbons (Fsp3) is 0.700. The first-order chi connectivity index (χ1) is 13.2. The molecule has 1 aromatic rings. The van der Waals surface area contributed by atoms with Crippen LogP contribution in [0.2, 0.25) is 0 Å². The van der Waals surface area contributed by atoms with Crippen LogP contribution in [0.5, 0.6) is 0 Å². The van der Waals surface area contributed by atoms with Crippen molar-refractivity contribution in [3.8, 4) is 0 Å². The molecule has 6 nitrogen and oxygen atoms in total. The quantitative estimate of drug-likeness (QED) is 0.307. The van der Waals surface area contributed by atoms with Gasteiger partial charge in [0, 0.05) is 12.0 Å². The lowest BCUT2D eigenvalue weighted by Gasteiger charge is -2.46. The molecular weight excluding hydrogens is 383 g/mol. The van der Waals surface area contributed by atoms with Gasteiger partial charge in [0.1, 0.15) is 12.5 Å². The molecule has 1 atom stereocenters. The zero-order valence-corrected chi connectivity index (χ0v) is 17.9. The normalized spacial score (nSPS) is 17.2. The first-order valence-electron chi connectivity index (χ1n) is 10.0. The minimum Gasteiger partial charge on any atom is -0.388 e. The van der Waals surface area contributed by atoms with Crippen molar-refractivity contribution in [1.82, 2.24) is 5.43 Å². The zero-order chi connectivity index (χ0) is 20.8. The molecule has 1 fully saturated rings. The lowest BCUT2D eigenvalue weighted by Crippen LogP contribution is -2.44. The van der Waals surface area contributed by atoms with Crippen LogP contribution >= 0.6 is 0 Å². The number of hydrogen-bond acceptors (Lipinski definition) is 5. The molecule has 0 heterocycles. The lowest BCUT2D eigenvalue weighted by molar-refractivity contribution is -0.0441. The molecular formula is C20H33FN2O4S. The number of hydrazine groups is 1. The van der Waals surface area contributed by atoms with E-state index in [9.17, 15) is 17.9 Å². The standard InChI is InChI=1S/C20H33FN2O4S/c1-4-6-11-27-15-22-23(28(3,25)26)18-13-16(12-17(21)14-18)19(24)20(8-5-2)9-7-10-20/h12-14,19,22,24H,4-11,15H2,1-3H3. The van der Waals surface area contributed by atoms with Crippen LogP contribution in [0.1, 0.15) is 70.5 Å². The molecule has 8 heteroatoms. The number of aliphatic hydroxyl groups is 1. The van der Waals surface area contributed by atoms with E-state index in [-0.39, 0.29) is 17.8 Å². The Morgan fingerprint density at radius 1 is 1.29 bits per heavy atom. The maximum Gasteiger partial charge on any atom is 0.245 e. The molecule has 0 amide bonds. The number of anilines is 1. The van der Waals surface area contributed by atoms with Gasteiger partial charge in [-0.1, -0.05) is 33.1 Å². The van der Waals surface area contributed by atoms with Crippen molar-refractivity contribution in [2.45, 2.75) is 64.9 Å². The Morgan fingerprint density at radius 3 is 2.54 bits per heavy atom. The minimum absolute atomic E-state index is 0.0127. The van der Waals surface area contributed by atoms with Crippen LogP contribution in [0, 0.1) is 11.2 Å². The van der Waals surface area contributed by atoms with Gasteiger partial charge in [-0.15, -0.1) is 0 Å². The predicted molar refractivity (Wildman–Crippen MR) is 109 cm³/mol. The average molecular weight is 417 g/mol. The fourth-order valence-electron chi connectivity index (χ4n) is 3.84. The SMILES string of the molecule is CCCCOCNN(c1cc(F)cc(C(O)C2(CCC)CCC2)c1)S(C)(=O)=O. The number of halogens is 1. The molecule has 0 bridgehead atoms. The number of ether oxygens (including phenoxy) is 1. The van der Waals surface area contributed by atoms with Crippen molar-refractivity contribution in [3.05, 3.63) is 29.6 Å². The summed E-state index contributed by atoms with van der Waals surface area (Å²) in [6.45, 7) is 4.60. The largest absolute Gasteiger partial charge is 0.388 e. The molecule has 2 N–H and O–H groups in total. The van der Waals surface area contributed by atoms with Crippen molar-refractivity contribution in [1.29, 1.82) is 0 Å². The van der Waals surface area contributed by atoms with Crippen LogP contribution in [0.3, 0.4) is 0 Å². The van der Waals surface area contributed by atoms with E-state index < -0.39 is 21.9 Å². The second-order valence-electron chi connectivity index (χ2n) is 7.70. The number of aliphatic hydroxyl groups excluding tert-OH is 1. The molecule has 0 aliphatic heterocycles. The predicted octanol–water partition coefficient (Wildman–Crippen LogP) is 3.87. The topological polar surface area (TPSA) is 78.9 Å². The number of nitrogens with zero attached hydrogens (tertiary/aromatic N) is 1. The molecule has 1 saturated carbocycles. The third-order valence-electron chi connectivity index (χ3n) is 5.42. The van der Waals surface area contributed by atoms with Crippen molar-refractivity contribution >= 4 is 15.7 Å². The Kier molecular flexibility index (Phi) is 8.24. The van der Waals surface area contributed by atoms with E-state index in [0.29, 0.717) is 12.2 Å². The van der Waals surface area contributed by atoms with Crippen LogP contribution in [0.25, 0.3) is 0 Å². The molecule has 0 radical (unpaired) electrons. The molecule has 0 spiro atoms. The van der Waals surface area contributed by atoms with E-state index >= 15 is 0 Å². The number of unbranched alkanes of at least 4 members (excludes halogenated alkanes) is 1. The highest BCUT2D eigenvalue weighted by Crippen LogP contribution is 2.53. The van der Waals surface area contributed by atoms with Crippen LogP contribution in [0.4, 0.5) is 10.1 Å². The highest BCUT2D eigenvalue weighted by Gasteiger charge is 2.43. The van der Waals surface area contributed by atoms with Gasteiger partial charge in [-0.25, -0.2) is 17.2 Å². The fourth-order valence-corrected chi connectivity index (χ4v) is 4.61. The molecule has 28 heavy (non-hydrogen) atoms. The summed E-state index contributed by atoms with van der Waals surface area (Å²) in [6.07, 6.45) is 6.70. The molecule has 0 aromatic heterocycles. The third-order valence-corrected chi connectivity index (χ3v) is 6.42. The first-order valence-corrected chi connectivity index (χ1v) is 11.9. The Morgan fingerprint density at radius 2 is 2.00 bits per heavy atom. The first kappa shape index (κ1) is 23.1. The Hall–Kier alpha value is -1.22. The molecule has 1 aliphatic rings. The second kappa shape index (κ2) is 10.0. The Labute approximate surface area is 168 Å². The van der Waals surface area contributed by atoms with Crippen molar-refractivity contribution in [3.63, 3.8) is 0 Å². The second-order valence-corrected chi connectivity index (χ2v) is 9.53. The van der Waals surface area contributed by atoms with Crippen LogP contribution < -0.4 is 9.84 Å². The summed E-state index contributed by atoms with van der Waals surface area (Å²) in [6, 6.07) is 3.98. The zero-order valence-electron chi connectivity index (χ0n) is 17.1. The van der Waals surface area contributed by atoms with Crippen LogP contribution in [-0.2, 0) is 14.8 Å². The smallest absolute Gasteiger partial charge is 0.245 e. The van der Waals surface area contributed by atoms with Gasteiger partial charge in [0.05, 0.1) is 18.0 Å². The molecule has 160 valence electrons. The Bertz CT molecular complexity index is 738. The highest BCUT2D eigenvalue weighted by molar-refractivity contribution is 7.92. The van der Waals surface area contributed by atoms with Gasteiger partial charge in [0.25, 0.3) is 0 Å². The van der Waals surface area contributed by atoms with Gasteiger partial charge in [-0.05, 0) is 49.4 Å². The van der Waals surface area contributed by atoms with E-state index in [2.05, 4.69) is 12.3 Å². The van der Waals surface area contributed by atoms with Gasteiger partial charge < -0.3 is 9.84 Å². The Balaban J connectivity index is 2.25. The molecule has 2 rings (SSSR count).